The Bertz CT molecular complexity index is 411. The van der Waals surface area contributed by atoms with Crippen molar-refractivity contribution in [1.82, 2.24) is 10.6 Å². The van der Waals surface area contributed by atoms with E-state index in [9.17, 15) is 0 Å². The largest absolute Gasteiger partial charge is 0.330 e. The Morgan fingerprint density at radius 1 is 0.731 bits per heavy atom. The summed E-state index contributed by atoms with van der Waals surface area (Å²) in [5.41, 5.74) is 24.9. The van der Waals surface area contributed by atoms with Crippen molar-refractivity contribution in [3.8, 4) is 0 Å². The molecule has 10 N–H and O–H groups in total. The first kappa shape index (κ1) is 20.5. The summed E-state index contributed by atoms with van der Waals surface area (Å²) in [5.74, 6) is 1.54. The van der Waals surface area contributed by atoms with E-state index >= 15 is 0 Å². The zero-order valence-electron chi connectivity index (χ0n) is 16.4. The van der Waals surface area contributed by atoms with Crippen LogP contribution in [0.2, 0.25) is 0 Å². The van der Waals surface area contributed by atoms with Gasteiger partial charge in [0.25, 0.3) is 0 Å². The molecule has 3 aliphatic carbocycles. The summed E-state index contributed by atoms with van der Waals surface area (Å²) >= 11 is 0. The molecule has 3 fully saturated rings. The molecule has 0 radical (unpaired) electrons. The molecular weight excluding hydrogens is 324 g/mol. The summed E-state index contributed by atoms with van der Waals surface area (Å²) in [5, 5.41) is 7.71. The fourth-order valence-electron chi connectivity index (χ4n) is 5.35. The van der Waals surface area contributed by atoms with Crippen LogP contribution in [-0.2, 0) is 0 Å². The van der Waals surface area contributed by atoms with Crippen molar-refractivity contribution in [2.24, 2.45) is 34.8 Å². The Kier molecular flexibility index (Phi) is 7.73. The summed E-state index contributed by atoms with van der Waals surface area (Å²) in [4.78, 5) is 0. The second kappa shape index (κ2) is 9.80. The molecule has 0 heterocycles. The second-order valence-electron chi connectivity index (χ2n) is 9.27. The lowest BCUT2D eigenvalue weighted by Crippen LogP contribution is -2.65. The van der Waals surface area contributed by atoms with E-state index in [1.807, 2.05) is 0 Å². The van der Waals surface area contributed by atoms with E-state index in [4.69, 9.17) is 22.9 Å². The third kappa shape index (κ3) is 5.40. The lowest BCUT2D eigenvalue weighted by molar-refractivity contribution is 0.188. The Labute approximate surface area is 159 Å². The second-order valence-corrected chi connectivity index (χ2v) is 9.27. The van der Waals surface area contributed by atoms with Crippen molar-refractivity contribution in [3.05, 3.63) is 0 Å². The zero-order chi connectivity index (χ0) is 18.5. The normalized spacial score (nSPS) is 44.8. The van der Waals surface area contributed by atoms with Gasteiger partial charge in [-0.1, -0.05) is 6.42 Å². The van der Waals surface area contributed by atoms with Crippen LogP contribution in [0.1, 0.15) is 64.2 Å². The first-order chi connectivity index (χ1) is 12.6. The van der Waals surface area contributed by atoms with Crippen LogP contribution in [0.25, 0.3) is 0 Å². The number of nitrogens with two attached hydrogens (primary N) is 4. The van der Waals surface area contributed by atoms with Crippen LogP contribution in [0.5, 0.6) is 0 Å². The standard InChI is InChI=1S/C20H42N6/c21-11-13-4-6-14(7-5-13)12-25-18-3-1-2-17(24)20(18)26-19-10-15(22)8-9-16(19)23/h13-20,25-26H,1-12,21-24H2. The molecular formula is C20H42N6. The third-order valence-electron chi connectivity index (χ3n) is 7.27. The van der Waals surface area contributed by atoms with Crippen LogP contribution in [0.15, 0.2) is 0 Å². The fraction of sp³-hybridized carbons (Fsp3) is 1.00. The minimum atomic E-state index is 0.205. The zero-order valence-corrected chi connectivity index (χ0v) is 16.4. The van der Waals surface area contributed by atoms with Crippen LogP contribution in [0.3, 0.4) is 0 Å². The monoisotopic (exact) mass is 366 g/mol. The molecule has 6 nitrogen and oxygen atoms in total. The van der Waals surface area contributed by atoms with Crippen molar-refractivity contribution < 1.29 is 0 Å². The van der Waals surface area contributed by atoms with Gasteiger partial charge in [0.15, 0.2) is 0 Å². The average Bonchev–Trinajstić information content (AvgIpc) is 2.65. The van der Waals surface area contributed by atoms with E-state index in [0.29, 0.717) is 18.1 Å². The van der Waals surface area contributed by atoms with Crippen molar-refractivity contribution in [3.63, 3.8) is 0 Å². The Hall–Kier alpha value is -0.240. The molecule has 3 rings (SSSR count). The van der Waals surface area contributed by atoms with Gasteiger partial charge >= 0.3 is 0 Å². The van der Waals surface area contributed by atoms with E-state index in [0.717, 1.165) is 50.6 Å². The van der Waals surface area contributed by atoms with E-state index in [-0.39, 0.29) is 18.1 Å². The van der Waals surface area contributed by atoms with Gasteiger partial charge in [-0.3, -0.25) is 0 Å². The Morgan fingerprint density at radius 3 is 2.19 bits per heavy atom. The summed E-state index contributed by atoms with van der Waals surface area (Å²) in [6, 6.07) is 1.76. The van der Waals surface area contributed by atoms with Crippen molar-refractivity contribution in [1.29, 1.82) is 0 Å². The molecule has 0 spiro atoms. The molecule has 6 unspecified atom stereocenters. The number of rotatable bonds is 6. The van der Waals surface area contributed by atoms with E-state index in [1.54, 1.807) is 0 Å². The first-order valence-corrected chi connectivity index (χ1v) is 11.0. The summed E-state index contributed by atoms with van der Waals surface area (Å²) in [6.45, 7) is 1.97. The maximum atomic E-state index is 6.52. The van der Waals surface area contributed by atoms with Gasteiger partial charge in [-0.2, -0.15) is 0 Å². The van der Waals surface area contributed by atoms with Gasteiger partial charge < -0.3 is 33.6 Å². The van der Waals surface area contributed by atoms with Crippen LogP contribution in [-0.4, -0.2) is 49.3 Å². The van der Waals surface area contributed by atoms with E-state index in [2.05, 4.69) is 10.6 Å². The quantitative estimate of drug-likeness (QED) is 0.403. The number of hydrogen-bond donors (Lipinski definition) is 6. The lowest BCUT2D eigenvalue weighted by Gasteiger charge is -2.43. The van der Waals surface area contributed by atoms with Crippen LogP contribution in [0, 0.1) is 11.8 Å². The predicted molar refractivity (Wildman–Crippen MR) is 109 cm³/mol. The number of hydrogen-bond acceptors (Lipinski definition) is 6. The highest BCUT2D eigenvalue weighted by Crippen LogP contribution is 2.28. The molecule has 3 aliphatic rings. The minimum Gasteiger partial charge on any atom is -0.330 e. The van der Waals surface area contributed by atoms with Crippen molar-refractivity contribution >= 4 is 0 Å². The van der Waals surface area contributed by atoms with Gasteiger partial charge in [0, 0.05) is 36.3 Å². The predicted octanol–water partition coefficient (Wildman–Crippen LogP) is 0.386. The molecule has 0 aromatic heterocycles. The topological polar surface area (TPSA) is 128 Å². The molecule has 6 heteroatoms. The van der Waals surface area contributed by atoms with Crippen LogP contribution < -0.4 is 33.6 Å². The van der Waals surface area contributed by atoms with Crippen LogP contribution >= 0.6 is 0 Å². The maximum Gasteiger partial charge on any atom is 0.0376 e. The van der Waals surface area contributed by atoms with Gasteiger partial charge in [-0.15, -0.1) is 0 Å². The first-order valence-electron chi connectivity index (χ1n) is 11.0. The Morgan fingerprint density at radius 2 is 1.46 bits per heavy atom. The molecule has 0 bridgehead atoms. The van der Waals surface area contributed by atoms with E-state index in [1.165, 1.54) is 38.5 Å². The minimum absolute atomic E-state index is 0.205. The molecule has 0 saturated heterocycles. The van der Waals surface area contributed by atoms with E-state index < -0.39 is 0 Å². The Balaban J connectivity index is 1.51. The maximum absolute atomic E-state index is 6.52. The van der Waals surface area contributed by atoms with Crippen molar-refractivity contribution in [2.45, 2.75) is 100 Å². The number of nitrogens with one attached hydrogen (secondary N) is 2. The summed E-state index contributed by atoms with van der Waals surface area (Å²) in [7, 11) is 0. The molecule has 0 aromatic carbocycles. The molecule has 0 aromatic rings. The van der Waals surface area contributed by atoms with Crippen molar-refractivity contribution in [2.75, 3.05) is 13.1 Å². The van der Waals surface area contributed by atoms with Gasteiger partial charge in [-0.25, -0.2) is 0 Å². The molecule has 0 amide bonds. The SMILES string of the molecule is NCC1CCC(CNC2CCCC(N)C2NC2CC(N)CCC2N)CC1. The molecule has 6 atom stereocenters. The third-order valence-corrected chi connectivity index (χ3v) is 7.27. The van der Waals surface area contributed by atoms with Gasteiger partial charge in [0.2, 0.25) is 0 Å². The van der Waals surface area contributed by atoms with Gasteiger partial charge in [-0.05, 0) is 82.7 Å². The fourth-order valence-corrected chi connectivity index (χ4v) is 5.35. The molecule has 3 saturated carbocycles. The average molecular weight is 367 g/mol. The summed E-state index contributed by atoms with van der Waals surface area (Å²) in [6.07, 6.45) is 11.8. The van der Waals surface area contributed by atoms with Crippen LogP contribution in [0.4, 0.5) is 0 Å². The highest BCUT2D eigenvalue weighted by Gasteiger charge is 2.36. The highest BCUT2D eigenvalue weighted by atomic mass is 15.1. The van der Waals surface area contributed by atoms with Gasteiger partial charge in [0.05, 0.1) is 0 Å². The summed E-state index contributed by atoms with van der Waals surface area (Å²) < 4.78 is 0. The molecule has 152 valence electrons. The smallest absolute Gasteiger partial charge is 0.0376 e. The van der Waals surface area contributed by atoms with Gasteiger partial charge in [0.1, 0.15) is 0 Å². The highest BCUT2D eigenvalue weighted by molar-refractivity contribution is 4.99. The molecule has 0 aliphatic heterocycles. The molecule has 26 heavy (non-hydrogen) atoms. The lowest BCUT2D eigenvalue weighted by atomic mass is 9.80.